The predicted octanol–water partition coefficient (Wildman–Crippen LogP) is 3.58. The van der Waals surface area contributed by atoms with Crippen LogP contribution in [-0.4, -0.2) is 18.6 Å². The van der Waals surface area contributed by atoms with Gasteiger partial charge in [0, 0.05) is 17.4 Å². The normalized spacial score (nSPS) is 16.4. The summed E-state index contributed by atoms with van der Waals surface area (Å²) in [6, 6.07) is 6.00. The summed E-state index contributed by atoms with van der Waals surface area (Å²) in [5.74, 6) is -0.352. The zero-order valence-electron chi connectivity index (χ0n) is 12.2. The summed E-state index contributed by atoms with van der Waals surface area (Å²) in [6.07, 6.45) is 7.59. The number of hydrogen-bond acceptors (Lipinski definition) is 4. The Kier molecular flexibility index (Phi) is 5.27. The average Bonchev–Trinajstić information content (AvgIpc) is 2.70. The van der Waals surface area contributed by atoms with E-state index in [1.165, 1.54) is 38.5 Å². The molecule has 1 fully saturated rings. The van der Waals surface area contributed by atoms with E-state index in [-0.39, 0.29) is 5.97 Å². The van der Waals surface area contributed by atoms with Gasteiger partial charge in [0.1, 0.15) is 0 Å². The van der Waals surface area contributed by atoms with E-state index in [4.69, 9.17) is 10.5 Å². The summed E-state index contributed by atoms with van der Waals surface area (Å²) < 4.78 is 5.03. The zero-order valence-corrected chi connectivity index (χ0v) is 12.2. The van der Waals surface area contributed by atoms with Crippen molar-refractivity contribution >= 4 is 17.3 Å². The summed E-state index contributed by atoms with van der Waals surface area (Å²) in [5, 5.41) is 3.52. The van der Waals surface area contributed by atoms with Gasteiger partial charge in [-0.25, -0.2) is 4.79 Å². The highest BCUT2D eigenvalue weighted by molar-refractivity contribution is 5.96. The van der Waals surface area contributed by atoms with E-state index in [9.17, 15) is 4.79 Å². The molecule has 0 saturated heterocycles. The Morgan fingerprint density at radius 2 is 2.00 bits per heavy atom. The van der Waals surface area contributed by atoms with Gasteiger partial charge in [-0.05, 0) is 38.0 Å². The van der Waals surface area contributed by atoms with E-state index < -0.39 is 0 Å². The number of nitrogen functional groups attached to an aromatic ring is 1. The smallest absolute Gasteiger partial charge is 0.340 e. The Balaban J connectivity index is 2.08. The van der Waals surface area contributed by atoms with Gasteiger partial charge in [0.2, 0.25) is 0 Å². The number of esters is 1. The van der Waals surface area contributed by atoms with Crippen molar-refractivity contribution in [2.45, 2.75) is 51.5 Å². The second kappa shape index (κ2) is 7.17. The van der Waals surface area contributed by atoms with Crippen LogP contribution in [0.25, 0.3) is 0 Å². The predicted molar refractivity (Wildman–Crippen MR) is 81.9 cm³/mol. The van der Waals surface area contributed by atoms with Crippen LogP contribution in [-0.2, 0) is 4.74 Å². The monoisotopic (exact) mass is 276 g/mol. The first-order valence-corrected chi connectivity index (χ1v) is 7.54. The number of ether oxygens (including phenoxy) is 1. The number of carbonyl (C=O) groups excluding carboxylic acids is 1. The van der Waals surface area contributed by atoms with Crippen LogP contribution in [0.3, 0.4) is 0 Å². The lowest BCUT2D eigenvalue weighted by molar-refractivity contribution is 0.0527. The molecule has 1 aromatic rings. The topological polar surface area (TPSA) is 64.3 Å². The molecule has 0 atom stereocenters. The third-order valence-corrected chi connectivity index (χ3v) is 3.77. The van der Waals surface area contributed by atoms with Crippen LogP contribution in [0.15, 0.2) is 18.2 Å². The van der Waals surface area contributed by atoms with Crippen molar-refractivity contribution in [3.63, 3.8) is 0 Å². The Morgan fingerprint density at radius 3 is 2.65 bits per heavy atom. The molecule has 4 heteroatoms. The van der Waals surface area contributed by atoms with Crippen molar-refractivity contribution in [1.29, 1.82) is 0 Å². The SMILES string of the molecule is CCOC(=O)c1cc(NC2CCCCCC2)ccc1N. The van der Waals surface area contributed by atoms with Crippen LogP contribution in [0.4, 0.5) is 11.4 Å². The fraction of sp³-hybridized carbons (Fsp3) is 0.562. The van der Waals surface area contributed by atoms with Crippen molar-refractivity contribution < 1.29 is 9.53 Å². The van der Waals surface area contributed by atoms with E-state index in [0.29, 0.717) is 23.9 Å². The molecule has 0 unspecified atom stereocenters. The minimum Gasteiger partial charge on any atom is -0.462 e. The lowest BCUT2D eigenvalue weighted by Crippen LogP contribution is -2.18. The molecule has 4 nitrogen and oxygen atoms in total. The van der Waals surface area contributed by atoms with Gasteiger partial charge >= 0.3 is 5.97 Å². The van der Waals surface area contributed by atoms with Crippen molar-refractivity contribution in [1.82, 2.24) is 0 Å². The van der Waals surface area contributed by atoms with Crippen LogP contribution in [0, 0.1) is 0 Å². The number of benzene rings is 1. The lowest BCUT2D eigenvalue weighted by atomic mass is 10.1. The maximum Gasteiger partial charge on any atom is 0.340 e. The van der Waals surface area contributed by atoms with E-state index in [1.54, 1.807) is 19.1 Å². The molecule has 0 bridgehead atoms. The highest BCUT2D eigenvalue weighted by atomic mass is 16.5. The second-order valence-electron chi connectivity index (χ2n) is 5.36. The molecule has 110 valence electrons. The first kappa shape index (κ1) is 14.7. The third-order valence-electron chi connectivity index (χ3n) is 3.77. The number of anilines is 2. The number of nitrogens with one attached hydrogen (secondary N) is 1. The van der Waals surface area contributed by atoms with Gasteiger partial charge in [0.25, 0.3) is 0 Å². The van der Waals surface area contributed by atoms with E-state index >= 15 is 0 Å². The van der Waals surface area contributed by atoms with Gasteiger partial charge < -0.3 is 15.8 Å². The van der Waals surface area contributed by atoms with Crippen LogP contribution in [0.2, 0.25) is 0 Å². The van der Waals surface area contributed by atoms with E-state index in [1.807, 2.05) is 6.07 Å². The van der Waals surface area contributed by atoms with E-state index in [2.05, 4.69) is 5.32 Å². The molecule has 1 saturated carbocycles. The molecule has 0 spiro atoms. The van der Waals surface area contributed by atoms with Crippen molar-refractivity contribution in [3.8, 4) is 0 Å². The zero-order chi connectivity index (χ0) is 14.4. The molecule has 1 aliphatic rings. The first-order valence-electron chi connectivity index (χ1n) is 7.54. The highest BCUT2D eigenvalue weighted by Gasteiger charge is 2.15. The Hall–Kier alpha value is -1.71. The maximum atomic E-state index is 11.8. The minimum atomic E-state index is -0.352. The molecule has 1 aliphatic carbocycles. The fourth-order valence-corrected chi connectivity index (χ4v) is 2.69. The molecule has 2 rings (SSSR count). The van der Waals surface area contributed by atoms with Gasteiger partial charge in [0.15, 0.2) is 0 Å². The Morgan fingerprint density at radius 1 is 1.30 bits per heavy atom. The molecule has 0 aromatic heterocycles. The molecule has 0 heterocycles. The summed E-state index contributed by atoms with van der Waals surface area (Å²) in [6.45, 7) is 2.15. The number of hydrogen-bond donors (Lipinski definition) is 2. The third kappa shape index (κ3) is 3.89. The molecule has 0 aliphatic heterocycles. The summed E-state index contributed by atoms with van der Waals surface area (Å²) >= 11 is 0. The number of nitrogens with two attached hydrogens (primary N) is 1. The van der Waals surface area contributed by atoms with Crippen LogP contribution >= 0.6 is 0 Å². The summed E-state index contributed by atoms with van der Waals surface area (Å²) in [5.41, 5.74) is 7.72. The minimum absolute atomic E-state index is 0.352. The quantitative estimate of drug-likeness (QED) is 0.501. The summed E-state index contributed by atoms with van der Waals surface area (Å²) in [7, 11) is 0. The molecule has 0 amide bonds. The van der Waals surface area contributed by atoms with Crippen LogP contribution in [0.5, 0.6) is 0 Å². The molecular weight excluding hydrogens is 252 g/mol. The fourth-order valence-electron chi connectivity index (χ4n) is 2.69. The maximum absolute atomic E-state index is 11.8. The largest absolute Gasteiger partial charge is 0.462 e. The first-order chi connectivity index (χ1) is 9.70. The van der Waals surface area contributed by atoms with Gasteiger partial charge in [-0.1, -0.05) is 25.7 Å². The average molecular weight is 276 g/mol. The Bertz CT molecular complexity index is 452. The van der Waals surface area contributed by atoms with Crippen LogP contribution in [0.1, 0.15) is 55.8 Å². The highest BCUT2D eigenvalue weighted by Crippen LogP contribution is 2.24. The number of carbonyl (C=O) groups is 1. The standard InChI is InChI=1S/C16H24N2O2/c1-2-20-16(19)14-11-13(9-10-15(14)17)18-12-7-5-3-4-6-8-12/h9-12,18H,2-8,17H2,1H3. The van der Waals surface area contributed by atoms with Gasteiger partial charge in [-0.2, -0.15) is 0 Å². The Labute approximate surface area is 120 Å². The van der Waals surface area contributed by atoms with Gasteiger partial charge in [-0.3, -0.25) is 0 Å². The van der Waals surface area contributed by atoms with Gasteiger partial charge in [0.05, 0.1) is 12.2 Å². The molecular formula is C16H24N2O2. The second-order valence-corrected chi connectivity index (χ2v) is 5.36. The van der Waals surface area contributed by atoms with Crippen molar-refractivity contribution in [3.05, 3.63) is 23.8 Å². The van der Waals surface area contributed by atoms with E-state index in [0.717, 1.165) is 5.69 Å². The van der Waals surface area contributed by atoms with Crippen molar-refractivity contribution in [2.75, 3.05) is 17.7 Å². The van der Waals surface area contributed by atoms with Crippen LogP contribution < -0.4 is 11.1 Å². The lowest BCUT2D eigenvalue weighted by Gasteiger charge is -2.18. The summed E-state index contributed by atoms with van der Waals surface area (Å²) in [4.78, 5) is 11.8. The molecule has 3 N–H and O–H groups in total. The molecule has 20 heavy (non-hydrogen) atoms. The number of rotatable bonds is 4. The molecule has 1 aromatic carbocycles. The van der Waals surface area contributed by atoms with Crippen molar-refractivity contribution in [2.24, 2.45) is 0 Å². The molecule has 0 radical (unpaired) electrons. The van der Waals surface area contributed by atoms with Gasteiger partial charge in [-0.15, -0.1) is 0 Å².